The molecule has 2 aromatic carbocycles. The summed E-state index contributed by atoms with van der Waals surface area (Å²) in [5, 5.41) is 2.19. The van der Waals surface area contributed by atoms with Gasteiger partial charge >= 0.3 is 18.4 Å². The van der Waals surface area contributed by atoms with Crippen LogP contribution < -0.4 is 14.8 Å². The first-order chi connectivity index (χ1) is 17.9. The summed E-state index contributed by atoms with van der Waals surface area (Å²) >= 11 is 0. The third-order valence-electron chi connectivity index (χ3n) is 6.77. The van der Waals surface area contributed by atoms with Crippen molar-refractivity contribution in [3.8, 4) is 11.5 Å². The van der Waals surface area contributed by atoms with Crippen LogP contribution in [0.4, 0.5) is 36.8 Å². The van der Waals surface area contributed by atoms with E-state index in [4.69, 9.17) is 9.47 Å². The van der Waals surface area contributed by atoms with Gasteiger partial charge in [-0.05, 0) is 35.9 Å². The molecular weight excluding hydrogens is 518 g/mol. The van der Waals surface area contributed by atoms with Crippen LogP contribution in [0.25, 0.3) is 0 Å². The summed E-state index contributed by atoms with van der Waals surface area (Å²) in [5.41, 5.74) is -2.42. The molecule has 0 bridgehead atoms. The van der Waals surface area contributed by atoms with E-state index in [2.05, 4.69) is 15.1 Å². The van der Waals surface area contributed by atoms with Gasteiger partial charge in [0.2, 0.25) is 0 Å². The predicted octanol–water partition coefficient (Wildman–Crippen LogP) is 4.78. The Bertz CT molecular complexity index is 1110. The zero-order valence-electron chi connectivity index (χ0n) is 20.8. The van der Waals surface area contributed by atoms with Gasteiger partial charge in [0, 0.05) is 57.5 Å². The van der Waals surface area contributed by atoms with E-state index in [9.17, 15) is 31.1 Å². The standard InChI is InChI=1S/C25H28F6N4O3/c1-37-21-4-3-16(9-22(21)38-2)13-33-5-7-34(8-6-33)20-14-35(15-20)23(36)32-19-11-17(24(26,27)28)10-18(12-19)25(29,30)31/h3-4,9-12,20H,5-8,13-15H2,1-2H3,(H,32,36). The van der Waals surface area contributed by atoms with Gasteiger partial charge in [0.05, 0.1) is 25.3 Å². The maximum atomic E-state index is 13.1. The number of anilines is 1. The number of piperazine rings is 1. The lowest BCUT2D eigenvalue weighted by molar-refractivity contribution is -0.143. The number of rotatable bonds is 6. The number of hydrogen-bond acceptors (Lipinski definition) is 5. The molecule has 0 aliphatic carbocycles. The summed E-state index contributed by atoms with van der Waals surface area (Å²) in [4.78, 5) is 18.4. The van der Waals surface area contributed by atoms with Crippen LogP contribution in [-0.2, 0) is 18.9 Å². The Morgan fingerprint density at radius 3 is 1.97 bits per heavy atom. The first kappa shape index (κ1) is 27.8. The van der Waals surface area contributed by atoms with Gasteiger partial charge in [-0.3, -0.25) is 9.80 Å². The van der Waals surface area contributed by atoms with E-state index in [1.807, 2.05) is 18.2 Å². The largest absolute Gasteiger partial charge is 0.493 e. The van der Waals surface area contributed by atoms with Crippen molar-refractivity contribution in [1.82, 2.24) is 14.7 Å². The van der Waals surface area contributed by atoms with Crippen molar-refractivity contribution < 1.29 is 40.6 Å². The molecule has 38 heavy (non-hydrogen) atoms. The SMILES string of the molecule is COc1ccc(CN2CCN(C3CN(C(=O)Nc4cc(C(F)(F)F)cc(C(F)(F)F)c4)C3)CC2)cc1OC. The summed E-state index contributed by atoms with van der Waals surface area (Å²) in [6.07, 6.45) is -9.96. The van der Waals surface area contributed by atoms with Gasteiger partial charge in [-0.25, -0.2) is 4.79 Å². The monoisotopic (exact) mass is 546 g/mol. The minimum atomic E-state index is -4.98. The molecule has 4 rings (SSSR count). The molecule has 0 radical (unpaired) electrons. The second kappa shape index (κ2) is 10.9. The molecule has 2 saturated heterocycles. The number of likely N-dealkylation sites (tertiary alicyclic amines) is 1. The fourth-order valence-corrected chi connectivity index (χ4v) is 4.61. The molecular formula is C25H28F6N4O3. The van der Waals surface area contributed by atoms with Crippen LogP contribution in [0, 0.1) is 0 Å². The van der Waals surface area contributed by atoms with Crippen molar-refractivity contribution in [3.63, 3.8) is 0 Å². The number of carbonyl (C=O) groups excluding carboxylic acids is 1. The molecule has 0 atom stereocenters. The third kappa shape index (κ3) is 6.44. The van der Waals surface area contributed by atoms with Crippen LogP contribution in [0.5, 0.6) is 11.5 Å². The van der Waals surface area contributed by atoms with E-state index in [1.165, 1.54) is 4.90 Å². The normalized spacial score (nSPS) is 17.7. The van der Waals surface area contributed by atoms with Crippen LogP contribution in [0.1, 0.15) is 16.7 Å². The Morgan fingerprint density at radius 1 is 0.868 bits per heavy atom. The Hall–Kier alpha value is -3.19. The van der Waals surface area contributed by atoms with Crippen molar-refractivity contribution in [2.45, 2.75) is 24.9 Å². The first-order valence-corrected chi connectivity index (χ1v) is 11.9. The molecule has 0 unspecified atom stereocenters. The molecule has 0 spiro atoms. The number of hydrogen-bond donors (Lipinski definition) is 1. The first-order valence-electron chi connectivity index (χ1n) is 11.9. The fraction of sp³-hybridized carbons (Fsp3) is 0.480. The van der Waals surface area contributed by atoms with Gasteiger partial charge in [-0.15, -0.1) is 0 Å². The minimum absolute atomic E-state index is 0.0279. The zero-order valence-corrected chi connectivity index (χ0v) is 20.8. The Morgan fingerprint density at radius 2 is 1.45 bits per heavy atom. The second-order valence-electron chi connectivity index (χ2n) is 9.28. The molecule has 1 N–H and O–H groups in total. The summed E-state index contributed by atoms with van der Waals surface area (Å²) < 4.78 is 89.1. The van der Waals surface area contributed by atoms with E-state index in [0.29, 0.717) is 36.7 Å². The number of carbonyl (C=O) groups is 1. The van der Waals surface area contributed by atoms with Crippen LogP contribution in [0.15, 0.2) is 36.4 Å². The van der Waals surface area contributed by atoms with Gasteiger partial charge in [0.15, 0.2) is 11.5 Å². The lowest BCUT2D eigenvalue weighted by Crippen LogP contribution is -2.64. The summed E-state index contributed by atoms with van der Waals surface area (Å²) in [7, 11) is 3.17. The van der Waals surface area contributed by atoms with Crippen molar-refractivity contribution in [2.24, 2.45) is 0 Å². The van der Waals surface area contributed by atoms with Crippen LogP contribution in [0.3, 0.4) is 0 Å². The van der Waals surface area contributed by atoms with Crippen LogP contribution in [0.2, 0.25) is 0 Å². The van der Waals surface area contributed by atoms with Gasteiger partial charge < -0.3 is 19.7 Å². The highest BCUT2D eigenvalue weighted by Crippen LogP contribution is 2.37. The number of urea groups is 1. The molecule has 2 amide bonds. The predicted molar refractivity (Wildman–Crippen MR) is 127 cm³/mol. The highest BCUT2D eigenvalue weighted by molar-refractivity contribution is 5.90. The van der Waals surface area contributed by atoms with Crippen LogP contribution in [-0.4, -0.2) is 80.3 Å². The van der Waals surface area contributed by atoms with Gasteiger partial charge in [0.25, 0.3) is 0 Å². The van der Waals surface area contributed by atoms with Crippen molar-refractivity contribution in [1.29, 1.82) is 0 Å². The van der Waals surface area contributed by atoms with Crippen LogP contribution >= 0.6 is 0 Å². The molecule has 13 heteroatoms. The number of alkyl halides is 6. The Kier molecular flexibility index (Phi) is 7.98. The molecule has 208 valence electrons. The zero-order chi connectivity index (χ0) is 27.7. The third-order valence-corrected chi connectivity index (χ3v) is 6.77. The summed E-state index contributed by atoms with van der Waals surface area (Å²) in [6.45, 7) is 4.58. The maximum Gasteiger partial charge on any atom is 0.416 e. The van der Waals surface area contributed by atoms with Gasteiger partial charge in [0.1, 0.15) is 0 Å². The number of amides is 2. The Labute approximate surface area is 215 Å². The minimum Gasteiger partial charge on any atom is -0.493 e. The molecule has 2 fully saturated rings. The van der Waals surface area contributed by atoms with Crippen molar-refractivity contribution in [2.75, 3.05) is 58.8 Å². The highest BCUT2D eigenvalue weighted by atomic mass is 19.4. The fourth-order valence-electron chi connectivity index (χ4n) is 4.61. The number of benzene rings is 2. The van der Waals surface area contributed by atoms with Gasteiger partial charge in [-0.1, -0.05) is 6.07 Å². The van der Waals surface area contributed by atoms with E-state index in [-0.39, 0.29) is 12.1 Å². The number of nitrogens with zero attached hydrogens (tertiary/aromatic N) is 3. The number of halogens is 6. The van der Waals surface area contributed by atoms with Crippen molar-refractivity contribution in [3.05, 3.63) is 53.1 Å². The molecule has 2 aliphatic rings. The highest BCUT2D eigenvalue weighted by Gasteiger charge is 2.39. The number of nitrogens with one attached hydrogen (secondary N) is 1. The smallest absolute Gasteiger partial charge is 0.416 e. The quantitative estimate of drug-likeness (QED) is 0.529. The molecule has 7 nitrogen and oxygen atoms in total. The van der Waals surface area contributed by atoms with E-state index in [0.717, 1.165) is 38.3 Å². The van der Waals surface area contributed by atoms with Crippen molar-refractivity contribution >= 4 is 11.7 Å². The number of ether oxygens (including phenoxy) is 2. The van der Waals surface area contributed by atoms with E-state index >= 15 is 0 Å². The average molecular weight is 547 g/mol. The number of methoxy groups -OCH3 is 2. The lowest BCUT2D eigenvalue weighted by atomic mass is 10.1. The van der Waals surface area contributed by atoms with Gasteiger partial charge in [-0.2, -0.15) is 26.3 Å². The summed E-state index contributed by atoms with van der Waals surface area (Å²) in [6, 6.07) is 6.16. The molecule has 2 aromatic rings. The molecule has 0 saturated carbocycles. The topological polar surface area (TPSA) is 57.3 Å². The average Bonchev–Trinajstić information content (AvgIpc) is 2.82. The second-order valence-corrected chi connectivity index (χ2v) is 9.28. The van der Waals surface area contributed by atoms with E-state index in [1.54, 1.807) is 14.2 Å². The van der Waals surface area contributed by atoms with E-state index < -0.39 is 35.2 Å². The molecule has 0 aromatic heterocycles. The summed E-state index contributed by atoms with van der Waals surface area (Å²) in [5.74, 6) is 1.32. The molecule has 2 aliphatic heterocycles. The Balaban J connectivity index is 1.27. The lowest BCUT2D eigenvalue weighted by Gasteiger charge is -2.48. The molecule has 2 heterocycles. The maximum absolute atomic E-state index is 13.1.